The zero-order valence-electron chi connectivity index (χ0n) is 12.3. The Bertz CT molecular complexity index is 863. The minimum Gasteiger partial charge on any atom is -0.452 e. The van der Waals surface area contributed by atoms with Crippen molar-refractivity contribution in [2.24, 2.45) is 0 Å². The summed E-state index contributed by atoms with van der Waals surface area (Å²) in [6.45, 7) is 3.31. The van der Waals surface area contributed by atoms with Gasteiger partial charge in [0.05, 0.1) is 0 Å². The normalized spacial score (nSPS) is 10.6. The van der Waals surface area contributed by atoms with E-state index in [2.05, 4.69) is 5.32 Å². The zero-order valence-corrected chi connectivity index (χ0v) is 12.3. The number of rotatable bonds is 3. The SMILES string of the molecule is CC(=O)Nc1ccc2c(C)c(C(=O)c3ccccc3)oc2c1. The molecule has 22 heavy (non-hydrogen) atoms. The van der Waals surface area contributed by atoms with Gasteiger partial charge in [0.2, 0.25) is 11.7 Å². The van der Waals surface area contributed by atoms with Crippen molar-refractivity contribution >= 4 is 28.3 Å². The highest BCUT2D eigenvalue weighted by Gasteiger charge is 2.19. The van der Waals surface area contributed by atoms with Crippen LogP contribution in [0.5, 0.6) is 0 Å². The maximum absolute atomic E-state index is 12.5. The molecule has 2 aromatic carbocycles. The molecular weight excluding hydrogens is 278 g/mol. The van der Waals surface area contributed by atoms with E-state index >= 15 is 0 Å². The third-order valence-electron chi connectivity index (χ3n) is 3.50. The van der Waals surface area contributed by atoms with E-state index in [1.807, 2.05) is 31.2 Å². The van der Waals surface area contributed by atoms with Gasteiger partial charge in [0.15, 0.2) is 5.76 Å². The molecule has 0 saturated carbocycles. The molecule has 0 fully saturated rings. The summed E-state index contributed by atoms with van der Waals surface area (Å²) in [5, 5.41) is 3.57. The van der Waals surface area contributed by atoms with Crippen LogP contribution in [0.1, 0.15) is 28.6 Å². The molecule has 0 aliphatic carbocycles. The number of benzene rings is 2. The van der Waals surface area contributed by atoms with Crippen molar-refractivity contribution in [1.29, 1.82) is 0 Å². The molecular formula is C18H15NO3. The first-order valence-electron chi connectivity index (χ1n) is 6.97. The van der Waals surface area contributed by atoms with Gasteiger partial charge in [0, 0.05) is 35.2 Å². The van der Waals surface area contributed by atoms with E-state index in [-0.39, 0.29) is 11.7 Å². The molecule has 0 unspecified atom stereocenters. The Balaban J connectivity index is 2.06. The van der Waals surface area contributed by atoms with Crippen molar-refractivity contribution in [2.45, 2.75) is 13.8 Å². The van der Waals surface area contributed by atoms with Gasteiger partial charge in [-0.25, -0.2) is 0 Å². The first-order valence-corrected chi connectivity index (χ1v) is 6.97. The number of carbonyl (C=O) groups is 2. The Morgan fingerprint density at radius 3 is 2.45 bits per heavy atom. The van der Waals surface area contributed by atoms with Gasteiger partial charge in [-0.1, -0.05) is 30.3 Å². The van der Waals surface area contributed by atoms with E-state index in [0.29, 0.717) is 22.6 Å². The molecule has 1 aromatic heterocycles. The highest BCUT2D eigenvalue weighted by atomic mass is 16.3. The van der Waals surface area contributed by atoms with Crippen LogP contribution < -0.4 is 5.32 Å². The molecule has 0 spiro atoms. The predicted octanol–water partition coefficient (Wildman–Crippen LogP) is 3.93. The van der Waals surface area contributed by atoms with Gasteiger partial charge in [0.1, 0.15) is 5.58 Å². The Kier molecular flexibility index (Phi) is 3.51. The number of ketones is 1. The van der Waals surface area contributed by atoms with Crippen LogP contribution >= 0.6 is 0 Å². The summed E-state index contributed by atoms with van der Waals surface area (Å²) in [5.41, 5.74) is 2.63. The van der Waals surface area contributed by atoms with Crippen LogP contribution in [0.3, 0.4) is 0 Å². The second-order valence-electron chi connectivity index (χ2n) is 5.14. The summed E-state index contributed by atoms with van der Waals surface area (Å²) in [5.74, 6) is 0.0414. The summed E-state index contributed by atoms with van der Waals surface area (Å²) >= 11 is 0. The fraction of sp³-hybridized carbons (Fsp3) is 0.111. The monoisotopic (exact) mass is 293 g/mol. The molecule has 0 radical (unpaired) electrons. The summed E-state index contributed by atoms with van der Waals surface area (Å²) in [7, 11) is 0. The lowest BCUT2D eigenvalue weighted by molar-refractivity contribution is -0.114. The number of amides is 1. The van der Waals surface area contributed by atoms with Crippen molar-refractivity contribution in [3.8, 4) is 0 Å². The van der Waals surface area contributed by atoms with Crippen molar-refractivity contribution < 1.29 is 14.0 Å². The molecule has 110 valence electrons. The number of carbonyl (C=O) groups excluding carboxylic acids is 2. The number of nitrogens with one attached hydrogen (secondary N) is 1. The van der Waals surface area contributed by atoms with Crippen molar-refractivity contribution in [2.75, 3.05) is 5.32 Å². The number of furan rings is 1. The fourth-order valence-corrected chi connectivity index (χ4v) is 2.44. The van der Waals surface area contributed by atoms with Gasteiger partial charge in [-0.05, 0) is 19.1 Å². The Hall–Kier alpha value is -2.88. The molecule has 1 N–H and O–H groups in total. The minimum atomic E-state index is -0.150. The van der Waals surface area contributed by atoms with Crippen molar-refractivity contribution in [3.05, 3.63) is 65.4 Å². The minimum absolute atomic E-state index is 0.143. The van der Waals surface area contributed by atoms with Gasteiger partial charge >= 0.3 is 0 Å². The molecule has 3 aromatic rings. The molecule has 1 amide bonds. The van der Waals surface area contributed by atoms with Crippen LogP contribution in [-0.2, 0) is 4.79 Å². The standard InChI is InChI=1S/C18H15NO3/c1-11-15-9-8-14(19-12(2)20)10-16(15)22-18(11)17(21)13-6-4-3-5-7-13/h3-10H,1-2H3,(H,19,20). The molecule has 0 aliphatic heterocycles. The number of fused-ring (bicyclic) bond motifs is 1. The first kappa shape index (κ1) is 14.1. The van der Waals surface area contributed by atoms with Crippen molar-refractivity contribution in [3.63, 3.8) is 0 Å². The van der Waals surface area contributed by atoms with E-state index < -0.39 is 0 Å². The lowest BCUT2D eigenvalue weighted by Gasteiger charge is -2.00. The third kappa shape index (κ3) is 2.51. The van der Waals surface area contributed by atoms with E-state index in [0.717, 1.165) is 10.9 Å². The Morgan fingerprint density at radius 1 is 1.05 bits per heavy atom. The second kappa shape index (κ2) is 5.48. The molecule has 1 heterocycles. The zero-order chi connectivity index (χ0) is 15.7. The van der Waals surface area contributed by atoms with Crippen molar-refractivity contribution in [1.82, 2.24) is 0 Å². The highest BCUT2D eigenvalue weighted by molar-refractivity contribution is 6.10. The lowest BCUT2D eigenvalue weighted by atomic mass is 10.0. The van der Waals surface area contributed by atoms with Crippen LogP contribution in [0.4, 0.5) is 5.69 Å². The summed E-state index contributed by atoms with van der Waals surface area (Å²) in [6, 6.07) is 14.4. The molecule has 3 rings (SSSR count). The Labute approximate surface area is 127 Å². The van der Waals surface area contributed by atoms with E-state index in [9.17, 15) is 9.59 Å². The third-order valence-corrected chi connectivity index (χ3v) is 3.50. The number of hydrogen-bond donors (Lipinski definition) is 1. The maximum atomic E-state index is 12.5. The van der Waals surface area contributed by atoms with Crippen LogP contribution in [-0.4, -0.2) is 11.7 Å². The smallest absolute Gasteiger partial charge is 0.228 e. The first-order chi connectivity index (χ1) is 10.6. The number of hydrogen-bond acceptors (Lipinski definition) is 3. The fourth-order valence-electron chi connectivity index (χ4n) is 2.44. The van der Waals surface area contributed by atoms with Gasteiger partial charge in [-0.3, -0.25) is 9.59 Å². The summed E-state index contributed by atoms with van der Waals surface area (Å²) < 4.78 is 5.74. The largest absolute Gasteiger partial charge is 0.452 e. The number of anilines is 1. The van der Waals surface area contributed by atoms with E-state index in [4.69, 9.17) is 4.42 Å². The predicted molar refractivity (Wildman–Crippen MR) is 85.1 cm³/mol. The number of aryl methyl sites for hydroxylation is 1. The van der Waals surface area contributed by atoms with Gasteiger partial charge < -0.3 is 9.73 Å². The van der Waals surface area contributed by atoms with Crippen LogP contribution in [0, 0.1) is 6.92 Å². The molecule has 4 heteroatoms. The van der Waals surface area contributed by atoms with Gasteiger partial charge in [-0.15, -0.1) is 0 Å². The van der Waals surface area contributed by atoms with Crippen LogP contribution in [0.25, 0.3) is 11.0 Å². The van der Waals surface area contributed by atoms with Gasteiger partial charge in [-0.2, -0.15) is 0 Å². The van der Waals surface area contributed by atoms with Crippen LogP contribution in [0.15, 0.2) is 52.9 Å². The second-order valence-corrected chi connectivity index (χ2v) is 5.14. The van der Waals surface area contributed by atoms with E-state index in [1.165, 1.54) is 6.92 Å². The molecule has 0 bridgehead atoms. The molecule has 0 atom stereocenters. The lowest BCUT2D eigenvalue weighted by Crippen LogP contribution is -2.05. The molecule has 0 saturated heterocycles. The Morgan fingerprint density at radius 2 is 1.77 bits per heavy atom. The highest BCUT2D eigenvalue weighted by Crippen LogP contribution is 2.29. The van der Waals surface area contributed by atoms with Gasteiger partial charge in [0.25, 0.3) is 0 Å². The molecule has 0 aliphatic rings. The maximum Gasteiger partial charge on any atom is 0.228 e. The summed E-state index contributed by atoms with van der Waals surface area (Å²) in [4.78, 5) is 23.7. The average Bonchev–Trinajstić information content (AvgIpc) is 2.83. The topological polar surface area (TPSA) is 59.3 Å². The quantitative estimate of drug-likeness (QED) is 0.744. The summed E-state index contributed by atoms with van der Waals surface area (Å²) in [6.07, 6.45) is 0. The van der Waals surface area contributed by atoms with E-state index in [1.54, 1.807) is 24.3 Å². The van der Waals surface area contributed by atoms with Crippen LogP contribution in [0.2, 0.25) is 0 Å². The molecule has 4 nitrogen and oxygen atoms in total. The average molecular weight is 293 g/mol.